The average Bonchev–Trinajstić information content (AvgIpc) is 2.68. The first kappa shape index (κ1) is 13.0. The monoisotopic (exact) mass is 262 g/mol. The van der Waals surface area contributed by atoms with E-state index in [4.69, 9.17) is 0 Å². The summed E-state index contributed by atoms with van der Waals surface area (Å²) in [4.78, 5) is 11.9. The van der Waals surface area contributed by atoms with Crippen LogP contribution >= 0.6 is 11.8 Å². The van der Waals surface area contributed by atoms with Crippen molar-refractivity contribution in [2.24, 2.45) is 0 Å². The Labute approximate surface area is 111 Å². The summed E-state index contributed by atoms with van der Waals surface area (Å²) in [6.45, 7) is 6.51. The zero-order valence-electron chi connectivity index (χ0n) is 10.9. The van der Waals surface area contributed by atoms with Crippen LogP contribution < -0.4 is 5.56 Å². The Balaban J connectivity index is 2.21. The lowest BCUT2D eigenvalue weighted by Crippen LogP contribution is -2.13. The lowest BCUT2D eigenvalue weighted by Gasteiger charge is -2.16. The number of benzene rings is 1. The third-order valence-corrected chi connectivity index (χ3v) is 3.77. The molecule has 0 saturated carbocycles. The Morgan fingerprint density at radius 2 is 1.89 bits per heavy atom. The number of nitrogens with one attached hydrogen (secondary N) is 1. The Morgan fingerprint density at radius 1 is 1.22 bits per heavy atom. The molecule has 0 saturated heterocycles. The van der Waals surface area contributed by atoms with Gasteiger partial charge in [-0.05, 0) is 12.1 Å². The summed E-state index contributed by atoms with van der Waals surface area (Å²) < 4.78 is 1.78. The van der Waals surface area contributed by atoms with Gasteiger partial charge in [0.25, 0.3) is 5.56 Å². The van der Waals surface area contributed by atoms with Crippen LogP contribution in [0.5, 0.6) is 0 Å². The molecule has 1 aromatic heterocycles. The number of para-hydroxylation sites is 1. The fraction of sp³-hybridized carbons (Fsp3) is 0.357. The molecule has 0 fully saturated rings. The normalized spacial score (nSPS) is 11.7. The van der Waals surface area contributed by atoms with E-state index in [0.29, 0.717) is 0 Å². The quantitative estimate of drug-likeness (QED) is 0.922. The Hall–Kier alpha value is -1.42. The Bertz CT molecular complexity index is 563. The van der Waals surface area contributed by atoms with Crippen LogP contribution in [-0.2, 0) is 5.75 Å². The number of nitrogens with zero attached hydrogens (tertiary/aromatic N) is 1. The van der Waals surface area contributed by atoms with E-state index in [9.17, 15) is 4.79 Å². The highest BCUT2D eigenvalue weighted by Gasteiger charge is 2.12. The minimum absolute atomic E-state index is 0.00860. The van der Waals surface area contributed by atoms with Gasteiger partial charge in [-0.3, -0.25) is 9.89 Å². The molecule has 0 aliphatic rings. The van der Waals surface area contributed by atoms with Crippen molar-refractivity contribution in [1.29, 1.82) is 0 Å². The van der Waals surface area contributed by atoms with Crippen molar-refractivity contribution in [2.75, 3.05) is 0 Å². The van der Waals surface area contributed by atoms with Crippen LogP contribution in [0.15, 0.2) is 41.2 Å². The fourth-order valence-electron chi connectivity index (χ4n) is 1.58. The van der Waals surface area contributed by atoms with E-state index in [0.717, 1.165) is 17.1 Å². The van der Waals surface area contributed by atoms with Crippen LogP contribution in [0.4, 0.5) is 0 Å². The van der Waals surface area contributed by atoms with Crippen molar-refractivity contribution in [3.8, 4) is 5.69 Å². The minimum atomic E-state index is -0.00860. The molecule has 0 aliphatic carbocycles. The average molecular weight is 262 g/mol. The first-order chi connectivity index (χ1) is 8.46. The molecule has 0 aliphatic heterocycles. The molecular formula is C14H18N2OS. The molecule has 0 spiro atoms. The van der Waals surface area contributed by atoms with Gasteiger partial charge in [-0.1, -0.05) is 39.0 Å². The summed E-state index contributed by atoms with van der Waals surface area (Å²) in [5.41, 5.74) is 1.82. The van der Waals surface area contributed by atoms with Gasteiger partial charge >= 0.3 is 0 Å². The highest BCUT2D eigenvalue weighted by atomic mass is 32.2. The van der Waals surface area contributed by atoms with Gasteiger partial charge in [-0.25, -0.2) is 4.68 Å². The van der Waals surface area contributed by atoms with Crippen molar-refractivity contribution < 1.29 is 0 Å². The van der Waals surface area contributed by atoms with Crippen LogP contribution in [0, 0.1) is 0 Å². The van der Waals surface area contributed by atoms with E-state index in [1.165, 1.54) is 0 Å². The Kier molecular flexibility index (Phi) is 3.66. The van der Waals surface area contributed by atoms with Crippen LogP contribution in [0.3, 0.4) is 0 Å². The summed E-state index contributed by atoms with van der Waals surface area (Å²) in [6.07, 6.45) is 0. The number of hydrogen-bond acceptors (Lipinski definition) is 2. The van der Waals surface area contributed by atoms with E-state index in [1.54, 1.807) is 10.7 Å². The van der Waals surface area contributed by atoms with Crippen LogP contribution in [0.2, 0.25) is 0 Å². The van der Waals surface area contributed by atoms with E-state index >= 15 is 0 Å². The second-order valence-electron chi connectivity index (χ2n) is 5.19. The molecule has 0 unspecified atom stereocenters. The first-order valence-corrected chi connectivity index (χ1v) is 6.94. The smallest absolute Gasteiger partial charge is 0.271 e. The van der Waals surface area contributed by atoms with Gasteiger partial charge in [0.15, 0.2) is 0 Å². The molecule has 0 radical (unpaired) electrons. The van der Waals surface area contributed by atoms with Gasteiger partial charge in [0.05, 0.1) is 5.69 Å². The second kappa shape index (κ2) is 5.06. The molecule has 0 amide bonds. The summed E-state index contributed by atoms with van der Waals surface area (Å²) >= 11 is 1.82. The third-order valence-electron chi connectivity index (χ3n) is 2.45. The van der Waals surface area contributed by atoms with Gasteiger partial charge in [-0.15, -0.1) is 11.8 Å². The van der Waals surface area contributed by atoms with Gasteiger partial charge in [0, 0.05) is 22.3 Å². The highest BCUT2D eigenvalue weighted by molar-refractivity contribution is 7.99. The van der Waals surface area contributed by atoms with Gasteiger partial charge in [0.1, 0.15) is 0 Å². The molecule has 96 valence electrons. The van der Waals surface area contributed by atoms with E-state index in [1.807, 2.05) is 42.1 Å². The summed E-state index contributed by atoms with van der Waals surface area (Å²) in [6, 6.07) is 11.3. The van der Waals surface area contributed by atoms with Crippen molar-refractivity contribution in [3.63, 3.8) is 0 Å². The lowest BCUT2D eigenvalue weighted by molar-refractivity contribution is 0.797. The van der Waals surface area contributed by atoms with Crippen molar-refractivity contribution in [1.82, 2.24) is 9.78 Å². The second-order valence-corrected chi connectivity index (χ2v) is 6.99. The first-order valence-electron chi connectivity index (χ1n) is 5.96. The number of rotatable bonds is 3. The van der Waals surface area contributed by atoms with Gasteiger partial charge in [0.2, 0.25) is 0 Å². The molecule has 2 rings (SSSR count). The molecule has 0 bridgehead atoms. The van der Waals surface area contributed by atoms with Crippen molar-refractivity contribution in [3.05, 3.63) is 52.4 Å². The molecule has 1 N–H and O–H groups in total. The van der Waals surface area contributed by atoms with Crippen LogP contribution in [-0.4, -0.2) is 14.5 Å². The maximum atomic E-state index is 11.9. The fourth-order valence-corrected chi connectivity index (χ4v) is 2.32. The Morgan fingerprint density at radius 3 is 2.50 bits per heavy atom. The summed E-state index contributed by atoms with van der Waals surface area (Å²) in [5.74, 6) is 0.818. The summed E-state index contributed by atoms with van der Waals surface area (Å²) in [7, 11) is 0. The van der Waals surface area contributed by atoms with E-state index < -0.39 is 0 Å². The predicted molar refractivity (Wildman–Crippen MR) is 77.4 cm³/mol. The zero-order valence-corrected chi connectivity index (χ0v) is 11.8. The molecule has 4 heteroatoms. The summed E-state index contributed by atoms with van der Waals surface area (Å²) in [5, 5.41) is 3.15. The third kappa shape index (κ3) is 3.29. The van der Waals surface area contributed by atoms with Crippen LogP contribution in [0.25, 0.3) is 5.69 Å². The highest BCUT2D eigenvalue weighted by Crippen LogP contribution is 2.26. The maximum absolute atomic E-state index is 11.9. The number of thioether (sulfide) groups is 1. The molecule has 0 atom stereocenters. The van der Waals surface area contributed by atoms with Gasteiger partial charge < -0.3 is 0 Å². The SMILES string of the molecule is CC(C)(C)SCc1cc(=O)n(-c2ccccc2)[nH]1. The van der Waals surface area contributed by atoms with Crippen molar-refractivity contribution >= 4 is 11.8 Å². The largest absolute Gasteiger partial charge is 0.294 e. The van der Waals surface area contributed by atoms with Gasteiger partial charge in [-0.2, -0.15) is 0 Å². The van der Waals surface area contributed by atoms with E-state index in [2.05, 4.69) is 25.9 Å². The molecule has 3 nitrogen and oxygen atoms in total. The number of aromatic amines is 1. The van der Waals surface area contributed by atoms with Crippen molar-refractivity contribution in [2.45, 2.75) is 31.3 Å². The number of H-pyrrole nitrogens is 1. The standard InChI is InChI=1S/C14H18N2OS/c1-14(2,3)18-10-11-9-13(17)16(15-11)12-7-5-4-6-8-12/h4-9,15H,10H2,1-3H3. The molecule has 2 aromatic rings. The topological polar surface area (TPSA) is 37.8 Å². The van der Waals surface area contributed by atoms with Crippen LogP contribution in [0.1, 0.15) is 26.5 Å². The number of aromatic nitrogens is 2. The maximum Gasteiger partial charge on any atom is 0.271 e. The van der Waals surface area contributed by atoms with E-state index in [-0.39, 0.29) is 10.3 Å². The molecular weight excluding hydrogens is 244 g/mol. The molecule has 18 heavy (non-hydrogen) atoms. The minimum Gasteiger partial charge on any atom is -0.294 e. The zero-order chi connectivity index (χ0) is 13.2. The molecule has 1 aromatic carbocycles. The molecule has 1 heterocycles. The predicted octanol–water partition coefficient (Wildman–Crippen LogP) is 3.20. The number of hydrogen-bond donors (Lipinski definition) is 1. The lowest BCUT2D eigenvalue weighted by atomic mass is 10.3.